The molecule has 1 N–H and O–H groups in total. The first-order chi connectivity index (χ1) is 10.9. The van der Waals surface area contributed by atoms with Crippen LogP contribution in [0.1, 0.15) is 23.4 Å². The van der Waals surface area contributed by atoms with Crippen LogP contribution in [0.3, 0.4) is 0 Å². The van der Waals surface area contributed by atoms with Crippen LogP contribution in [0.4, 0.5) is 10.1 Å². The van der Waals surface area contributed by atoms with E-state index in [1.807, 2.05) is 20.1 Å². The first kappa shape index (κ1) is 17.7. The van der Waals surface area contributed by atoms with E-state index in [1.54, 1.807) is 0 Å². The Bertz CT molecular complexity index is 716. The lowest BCUT2D eigenvalue weighted by Crippen LogP contribution is -2.14. The van der Waals surface area contributed by atoms with Crippen LogP contribution >= 0.6 is 23.4 Å². The minimum absolute atomic E-state index is 0.127. The lowest BCUT2D eigenvalue weighted by Gasteiger charge is -2.10. The number of carbonyl (C=O) groups excluding carboxylic acids is 1. The van der Waals surface area contributed by atoms with Crippen molar-refractivity contribution in [3.05, 3.63) is 46.0 Å². The van der Waals surface area contributed by atoms with E-state index in [4.69, 9.17) is 11.6 Å². The number of carbonyl (C=O) groups is 1. The summed E-state index contributed by atoms with van der Waals surface area (Å²) < 4.78 is 13.7. The van der Waals surface area contributed by atoms with Gasteiger partial charge in [-0.15, -0.1) is 0 Å². The summed E-state index contributed by atoms with van der Waals surface area (Å²) in [4.78, 5) is 20.8. The summed E-state index contributed by atoms with van der Waals surface area (Å²) in [5.41, 5.74) is 2.82. The van der Waals surface area contributed by atoms with Crippen molar-refractivity contribution in [3.63, 3.8) is 0 Å². The molecule has 0 radical (unpaired) electrons. The average molecular weight is 354 g/mol. The fourth-order valence-corrected chi connectivity index (χ4v) is 2.82. The maximum atomic E-state index is 13.7. The predicted molar refractivity (Wildman–Crippen MR) is 91.6 cm³/mol. The third-order valence-corrected chi connectivity index (χ3v) is 4.17. The summed E-state index contributed by atoms with van der Waals surface area (Å²) in [5.74, 6) is -0.815. The normalized spacial score (nSPS) is 10.7. The molecule has 4 nitrogen and oxygen atoms in total. The standard InChI is InChI=1S/C16H17ClFN3OS/c1-9-12(10(2)20-16(19-9)23-3)5-7-15(22)21-14-6-4-11(17)8-13(14)18/h4,6,8H,5,7H2,1-3H3,(H,21,22). The lowest BCUT2D eigenvalue weighted by molar-refractivity contribution is -0.116. The van der Waals surface area contributed by atoms with Gasteiger partial charge in [0, 0.05) is 22.8 Å². The Labute approximate surface area is 143 Å². The van der Waals surface area contributed by atoms with E-state index >= 15 is 0 Å². The van der Waals surface area contributed by atoms with Crippen molar-refractivity contribution in [1.82, 2.24) is 9.97 Å². The molecule has 0 fully saturated rings. The number of nitrogens with one attached hydrogen (secondary N) is 1. The number of nitrogens with zero attached hydrogens (tertiary/aromatic N) is 2. The number of halogens is 2. The first-order valence-electron chi connectivity index (χ1n) is 7.03. The van der Waals surface area contributed by atoms with Gasteiger partial charge in [-0.2, -0.15) is 0 Å². The molecule has 1 amide bonds. The molecule has 0 bridgehead atoms. The van der Waals surface area contributed by atoms with E-state index in [2.05, 4.69) is 15.3 Å². The predicted octanol–water partition coefficient (Wildman–Crippen LogP) is 4.18. The van der Waals surface area contributed by atoms with Gasteiger partial charge in [-0.1, -0.05) is 23.4 Å². The van der Waals surface area contributed by atoms with Crippen LogP contribution in [0, 0.1) is 19.7 Å². The van der Waals surface area contributed by atoms with Gasteiger partial charge in [0.15, 0.2) is 5.16 Å². The Morgan fingerprint density at radius 3 is 2.52 bits per heavy atom. The highest BCUT2D eigenvalue weighted by molar-refractivity contribution is 7.98. The molecule has 0 aliphatic rings. The number of aryl methyl sites for hydroxylation is 2. The molecular formula is C16H17ClFN3OS. The van der Waals surface area contributed by atoms with E-state index < -0.39 is 5.82 Å². The second-order valence-electron chi connectivity index (χ2n) is 5.03. The Morgan fingerprint density at radius 1 is 1.30 bits per heavy atom. The van der Waals surface area contributed by atoms with Gasteiger partial charge in [0.2, 0.25) is 5.91 Å². The largest absolute Gasteiger partial charge is 0.324 e. The number of benzene rings is 1. The molecule has 0 atom stereocenters. The highest BCUT2D eigenvalue weighted by Crippen LogP contribution is 2.20. The molecule has 0 saturated heterocycles. The van der Waals surface area contributed by atoms with Gasteiger partial charge in [-0.25, -0.2) is 14.4 Å². The van der Waals surface area contributed by atoms with Gasteiger partial charge in [0.05, 0.1) is 5.69 Å². The van der Waals surface area contributed by atoms with Crippen molar-refractivity contribution in [2.24, 2.45) is 0 Å². The van der Waals surface area contributed by atoms with E-state index in [1.165, 1.54) is 30.0 Å². The van der Waals surface area contributed by atoms with Crippen LogP contribution in [0.25, 0.3) is 0 Å². The summed E-state index contributed by atoms with van der Waals surface area (Å²) in [6, 6.07) is 4.15. The van der Waals surface area contributed by atoms with E-state index in [0.29, 0.717) is 6.42 Å². The third kappa shape index (κ3) is 4.65. The Hall–Kier alpha value is -1.66. The summed E-state index contributed by atoms with van der Waals surface area (Å²) in [5, 5.41) is 3.56. The number of aromatic nitrogens is 2. The van der Waals surface area contributed by atoms with Crippen molar-refractivity contribution >= 4 is 35.0 Å². The molecule has 0 aliphatic heterocycles. The summed E-state index contributed by atoms with van der Waals surface area (Å²) >= 11 is 7.17. The molecule has 0 saturated carbocycles. The number of amides is 1. The van der Waals surface area contributed by atoms with Crippen LogP contribution < -0.4 is 5.32 Å². The number of rotatable bonds is 5. The molecule has 23 heavy (non-hydrogen) atoms. The van der Waals surface area contributed by atoms with Gasteiger partial charge in [-0.05, 0) is 50.3 Å². The highest BCUT2D eigenvalue weighted by Gasteiger charge is 2.12. The molecule has 0 spiro atoms. The average Bonchev–Trinajstić information content (AvgIpc) is 2.49. The zero-order valence-corrected chi connectivity index (χ0v) is 14.7. The second kappa shape index (κ2) is 7.75. The zero-order valence-electron chi connectivity index (χ0n) is 13.1. The van der Waals surface area contributed by atoms with Gasteiger partial charge in [-0.3, -0.25) is 4.79 Å². The molecule has 1 aromatic heterocycles. The number of hydrogen-bond acceptors (Lipinski definition) is 4. The molecule has 7 heteroatoms. The van der Waals surface area contributed by atoms with Crippen molar-refractivity contribution < 1.29 is 9.18 Å². The summed E-state index contributed by atoms with van der Waals surface area (Å²) in [7, 11) is 0. The van der Waals surface area contributed by atoms with Crippen LogP contribution in [0.5, 0.6) is 0 Å². The van der Waals surface area contributed by atoms with E-state index in [-0.39, 0.29) is 23.0 Å². The van der Waals surface area contributed by atoms with Crippen LogP contribution in [-0.4, -0.2) is 22.1 Å². The smallest absolute Gasteiger partial charge is 0.224 e. The second-order valence-corrected chi connectivity index (χ2v) is 6.24. The molecule has 122 valence electrons. The quantitative estimate of drug-likeness (QED) is 0.647. The molecule has 0 aliphatic carbocycles. The monoisotopic (exact) mass is 353 g/mol. The Morgan fingerprint density at radius 2 is 1.96 bits per heavy atom. The SMILES string of the molecule is CSc1nc(C)c(CCC(=O)Nc2ccc(Cl)cc2F)c(C)n1. The molecule has 2 rings (SSSR count). The van der Waals surface area contributed by atoms with Gasteiger partial charge in [0.1, 0.15) is 5.82 Å². The molecular weight excluding hydrogens is 337 g/mol. The molecule has 0 unspecified atom stereocenters. The Balaban J connectivity index is 2.02. The topological polar surface area (TPSA) is 54.9 Å². The number of hydrogen-bond donors (Lipinski definition) is 1. The van der Waals surface area contributed by atoms with Gasteiger partial charge in [0.25, 0.3) is 0 Å². The lowest BCUT2D eigenvalue weighted by atomic mass is 10.1. The van der Waals surface area contributed by atoms with E-state index in [0.717, 1.165) is 22.1 Å². The number of anilines is 1. The fraction of sp³-hybridized carbons (Fsp3) is 0.312. The van der Waals surface area contributed by atoms with Gasteiger partial charge < -0.3 is 5.32 Å². The number of thioether (sulfide) groups is 1. The van der Waals surface area contributed by atoms with Crippen molar-refractivity contribution in [2.75, 3.05) is 11.6 Å². The minimum atomic E-state index is -0.550. The molecule has 1 heterocycles. The van der Waals surface area contributed by atoms with Crippen molar-refractivity contribution in [1.29, 1.82) is 0 Å². The van der Waals surface area contributed by atoms with Crippen molar-refractivity contribution in [2.45, 2.75) is 31.8 Å². The van der Waals surface area contributed by atoms with Crippen LogP contribution in [0.15, 0.2) is 23.4 Å². The van der Waals surface area contributed by atoms with E-state index in [9.17, 15) is 9.18 Å². The van der Waals surface area contributed by atoms with Crippen LogP contribution in [-0.2, 0) is 11.2 Å². The summed E-state index contributed by atoms with van der Waals surface area (Å²) in [6.07, 6.45) is 2.65. The first-order valence-corrected chi connectivity index (χ1v) is 8.64. The van der Waals surface area contributed by atoms with Crippen molar-refractivity contribution in [3.8, 4) is 0 Å². The van der Waals surface area contributed by atoms with Gasteiger partial charge >= 0.3 is 0 Å². The van der Waals surface area contributed by atoms with Crippen LogP contribution in [0.2, 0.25) is 5.02 Å². The minimum Gasteiger partial charge on any atom is -0.324 e. The maximum absolute atomic E-state index is 13.7. The Kier molecular flexibility index (Phi) is 5.96. The molecule has 2 aromatic rings. The maximum Gasteiger partial charge on any atom is 0.224 e. The molecule has 1 aromatic carbocycles. The zero-order chi connectivity index (χ0) is 17.0. The fourth-order valence-electron chi connectivity index (χ4n) is 2.20. The third-order valence-electron chi connectivity index (χ3n) is 3.39. The summed E-state index contributed by atoms with van der Waals surface area (Å²) in [6.45, 7) is 3.81. The highest BCUT2D eigenvalue weighted by atomic mass is 35.5.